The average Bonchev–Trinajstić information content (AvgIpc) is 2.12. The zero-order valence-corrected chi connectivity index (χ0v) is 10.5. The maximum atomic E-state index is 3.48. The van der Waals surface area contributed by atoms with Crippen molar-refractivity contribution >= 4 is 15.9 Å². The maximum absolute atomic E-state index is 3.48. The Hall–Kier alpha value is 0.440. The molecule has 1 fully saturated rings. The molecule has 1 saturated heterocycles. The third kappa shape index (κ3) is 3.99. The normalized spacial score (nSPS) is 30.7. The fourth-order valence-electron chi connectivity index (χ4n) is 1.98. The summed E-state index contributed by atoms with van der Waals surface area (Å²) in [6.07, 6.45) is 4.07. The Kier molecular flexibility index (Phi) is 5.34. The molecule has 0 spiro atoms. The van der Waals surface area contributed by atoms with Crippen LogP contribution in [0.15, 0.2) is 0 Å². The molecule has 0 radical (unpaired) electrons. The number of likely N-dealkylation sites (tertiary alicyclic amines) is 1. The molecule has 1 heterocycles. The van der Waals surface area contributed by atoms with Crippen molar-refractivity contribution in [3.8, 4) is 0 Å². The summed E-state index contributed by atoms with van der Waals surface area (Å²) >= 11 is 3.48. The van der Waals surface area contributed by atoms with Gasteiger partial charge in [-0.1, -0.05) is 29.8 Å². The van der Waals surface area contributed by atoms with Gasteiger partial charge in [-0.15, -0.1) is 0 Å². The van der Waals surface area contributed by atoms with E-state index < -0.39 is 0 Å². The lowest BCUT2D eigenvalue weighted by Gasteiger charge is -2.35. The second-order valence-electron chi connectivity index (χ2n) is 4.44. The van der Waals surface area contributed by atoms with E-state index in [-0.39, 0.29) is 0 Å². The molecule has 78 valence electrons. The molecule has 0 aromatic heterocycles. The summed E-state index contributed by atoms with van der Waals surface area (Å²) in [5, 5.41) is 1.16. The third-order valence-corrected chi connectivity index (χ3v) is 3.84. The summed E-state index contributed by atoms with van der Waals surface area (Å²) in [7, 11) is 0. The molecule has 13 heavy (non-hydrogen) atoms. The first-order valence-corrected chi connectivity index (χ1v) is 6.64. The van der Waals surface area contributed by atoms with Gasteiger partial charge in [0.1, 0.15) is 0 Å². The second-order valence-corrected chi connectivity index (χ2v) is 5.23. The van der Waals surface area contributed by atoms with E-state index in [4.69, 9.17) is 0 Å². The number of hydrogen-bond donors (Lipinski definition) is 0. The molecule has 0 aromatic carbocycles. The van der Waals surface area contributed by atoms with Crippen molar-refractivity contribution in [2.45, 2.75) is 33.1 Å². The highest BCUT2D eigenvalue weighted by Gasteiger charge is 2.21. The minimum atomic E-state index is 0.901. The predicted molar refractivity (Wildman–Crippen MR) is 62.4 cm³/mol. The van der Waals surface area contributed by atoms with Crippen LogP contribution >= 0.6 is 15.9 Å². The number of halogens is 1. The van der Waals surface area contributed by atoms with Gasteiger partial charge in [-0.05, 0) is 44.2 Å². The van der Waals surface area contributed by atoms with E-state index in [9.17, 15) is 0 Å². The topological polar surface area (TPSA) is 3.24 Å². The smallest absolute Gasteiger partial charge is 0.00317 e. The first-order valence-electron chi connectivity index (χ1n) is 5.52. The SMILES string of the molecule is CC1CCN(CCCCBr)CC1C. The Bertz CT molecular complexity index is 138. The van der Waals surface area contributed by atoms with Crippen LogP contribution in [0.1, 0.15) is 33.1 Å². The van der Waals surface area contributed by atoms with Crippen LogP contribution < -0.4 is 0 Å². The van der Waals surface area contributed by atoms with Gasteiger partial charge in [0.05, 0.1) is 0 Å². The van der Waals surface area contributed by atoms with E-state index in [2.05, 4.69) is 34.7 Å². The van der Waals surface area contributed by atoms with Crippen molar-refractivity contribution in [1.82, 2.24) is 4.90 Å². The highest BCUT2D eigenvalue weighted by atomic mass is 79.9. The Labute approximate surface area is 91.0 Å². The van der Waals surface area contributed by atoms with E-state index in [1.165, 1.54) is 38.9 Å². The van der Waals surface area contributed by atoms with Crippen LogP contribution in [-0.2, 0) is 0 Å². The molecule has 1 aliphatic rings. The van der Waals surface area contributed by atoms with E-state index in [0.717, 1.165) is 17.2 Å². The molecule has 2 atom stereocenters. The lowest BCUT2D eigenvalue weighted by atomic mass is 9.88. The van der Waals surface area contributed by atoms with E-state index in [0.29, 0.717) is 0 Å². The minimum Gasteiger partial charge on any atom is -0.303 e. The van der Waals surface area contributed by atoms with Gasteiger partial charge in [-0.2, -0.15) is 0 Å². The number of hydrogen-bond acceptors (Lipinski definition) is 1. The summed E-state index contributed by atoms with van der Waals surface area (Å²) in [6.45, 7) is 8.74. The van der Waals surface area contributed by atoms with Crippen molar-refractivity contribution in [2.24, 2.45) is 11.8 Å². The summed E-state index contributed by atoms with van der Waals surface area (Å²) in [5.41, 5.74) is 0. The van der Waals surface area contributed by atoms with Crippen molar-refractivity contribution in [3.63, 3.8) is 0 Å². The summed E-state index contributed by atoms with van der Waals surface area (Å²) in [6, 6.07) is 0. The van der Waals surface area contributed by atoms with Crippen molar-refractivity contribution in [3.05, 3.63) is 0 Å². The van der Waals surface area contributed by atoms with Crippen LogP contribution in [0, 0.1) is 11.8 Å². The van der Waals surface area contributed by atoms with Crippen molar-refractivity contribution < 1.29 is 0 Å². The molecule has 0 N–H and O–H groups in total. The zero-order chi connectivity index (χ0) is 9.68. The molecule has 2 unspecified atom stereocenters. The Morgan fingerprint density at radius 3 is 2.62 bits per heavy atom. The maximum Gasteiger partial charge on any atom is 0.00317 e. The highest BCUT2D eigenvalue weighted by Crippen LogP contribution is 2.22. The van der Waals surface area contributed by atoms with Crippen molar-refractivity contribution in [2.75, 3.05) is 25.0 Å². The molecule has 0 bridgehead atoms. The zero-order valence-electron chi connectivity index (χ0n) is 8.93. The van der Waals surface area contributed by atoms with Gasteiger partial charge in [0.25, 0.3) is 0 Å². The standard InChI is InChI=1S/C11H22BrN/c1-10-5-8-13(9-11(10)2)7-4-3-6-12/h10-11H,3-9H2,1-2H3. The number of unbranched alkanes of at least 4 members (excludes halogenated alkanes) is 1. The minimum absolute atomic E-state index is 0.901. The number of alkyl halides is 1. The summed E-state index contributed by atoms with van der Waals surface area (Å²) in [4.78, 5) is 2.63. The number of rotatable bonds is 4. The molecule has 1 nitrogen and oxygen atoms in total. The van der Waals surface area contributed by atoms with E-state index >= 15 is 0 Å². The average molecular weight is 248 g/mol. The lowest BCUT2D eigenvalue weighted by molar-refractivity contribution is 0.137. The lowest BCUT2D eigenvalue weighted by Crippen LogP contribution is -2.38. The van der Waals surface area contributed by atoms with Gasteiger partial charge in [0, 0.05) is 11.9 Å². The van der Waals surface area contributed by atoms with Crippen LogP contribution in [0.25, 0.3) is 0 Å². The van der Waals surface area contributed by atoms with Crippen LogP contribution in [0.2, 0.25) is 0 Å². The molecular formula is C11H22BrN. The predicted octanol–water partition coefficient (Wildman–Crippen LogP) is 3.14. The monoisotopic (exact) mass is 247 g/mol. The van der Waals surface area contributed by atoms with Gasteiger partial charge in [0.15, 0.2) is 0 Å². The highest BCUT2D eigenvalue weighted by molar-refractivity contribution is 9.09. The van der Waals surface area contributed by atoms with Gasteiger partial charge in [-0.25, -0.2) is 0 Å². The Morgan fingerprint density at radius 1 is 1.23 bits per heavy atom. The van der Waals surface area contributed by atoms with Crippen LogP contribution in [0.5, 0.6) is 0 Å². The molecule has 1 rings (SSSR count). The molecule has 0 saturated carbocycles. The molecular weight excluding hydrogens is 226 g/mol. The van der Waals surface area contributed by atoms with E-state index in [1.807, 2.05) is 0 Å². The molecule has 0 aromatic rings. The Balaban J connectivity index is 2.14. The van der Waals surface area contributed by atoms with Crippen LogP contribution in [-0.4, -0.2) is 29.9 Å². The number of nitrogens with zero attached hydrogens (tertiary/aromatic N) is 1. The Morgan fingerprint density at radius 2 is 2.00 bits per heavy atom. The second kappa shape index (κ2) is 6.02. The van der Waals surface area contributed by atoms with Gasteiger partial charge in [-0.3, -0.25) is 0 Å². The largest absolute Gasteiger partial charge is 0.303 e. The fourth-order valence-corrected chi connectivity index (χ4v) is 2.38. The first kappa shape index (κ1) is 11.5. The third-order valence-electron chi connectivity index (χ3n) is 3.28. The summed E-state index contributed by atoms with van der Waals surface area (Å²) < 4.78 is 0. The van der Waals surface area contributed by atoms with Crippen LogP contribution in [0.4, 0.5) is 0 Å². The van der Waals surface area contributed by atoms with Gasteiger partial charge in [0.2, 0.25) is 0 Å². The fraction of sp³-hybridized carbons (Fsp3) is 1.00. The number of piperidine rings is 1. The van der Waals surface area contributed by atoms with Gasteiger partial charge < -0.3 is 4.90 Å². The van der Waals surface area contributed by atoms with Gasteiger partial charge >= 0.3 is 0 Å². The van der Waals surface area contributed by atoms with Crippen molar-refractivity contribution in [1.29, 1.82) is 0 Å². The summed E-state index contributed by atoms with van der Waals surface area (Å²) in [5.74, 6) is 1.84. The van der Waals surface area contributed by atoms with E-state index in [1.54, 1.807) is 0 Å². The molecule has 0 aliphatic carbocycles. The van der Waals surface area contributed by atoms with Crippen LogP contribution in [0.3, 0.4) is 0 Å². The first-order chi connectivity index (χ1) is 6.24. The molecule has 0 amide bonds. The molecule has 2 heteroatoms. The molecule has 1 aliphatic heterocycles. The quantitative estimate of drug-likeness (QED) is 0.545.